The first-order valence-corrected chi connectivity index (χ1v) is 35.7. The molecule has 21 aromatic rings. The Morgan fingerprint density at radius 3 is 1.26 bits per heavy atom. The molecule has 8 heteroatoms. The molecule has 6 aromatic heterocycles. The van der Waals surface area contributed by atoms with Crippen molar-refractivity contribution in [3.05, 3.63) is 352 Å². The van der Waals surface area contributed by atoms with Gasteiger partial charge in [-0.1, -0.05) is 261 Å². The highest BCUT2D eigenvalue weighted by Crippen LogP contribution is 2.44. The van der Waals surface area contributed by atoms with E-state index in [1.807, 2.05) is 36.4 Å². The molecule has 0 unspecified atom stereocenters. The lowest BCUT2D eigenvalue weighted by Crippen LogP contribution is -1.96. The number of hydrogen-bond donors (Lipinski definition) is 0. The predicted molar refractivity (Wildman–Crippen MR) is 438 cm³/mol. The number of hydrogen-bond acceptors (Lipinski definition) is 8. The standard InChI is InChI=1S/C98H58N8/c1-2-15-62(16-3-1)93-97(105-90-29-9-8-28-89(90)104-93)74-23-12-22-73(54-74)91-58-82(81-45-36-65-39-46-85(101-96(65)98(81)106-91)61-32-30-60(31-33-61)76-27-13-17-59-14-4-5-24-75(59)76)70-38-44-80-83-55-68(37-43-79(83)77-25-6-7-26-78(77)84(80)56-70)66-18-10-20-71(52-66)86-47-40-63-34-35-64-41-48-87(103-95(64)94(63)102-86)72-21-11-19-67(53-72)69-42-49-88-92(57-69)100-51-50-99-88/h1-58H. The highest BCUT2D eigenvalue weighted by Gasteiger charge is 2.21. The molecule has 106 heavy (non-hydrogen) atoms. The topological polar surface area (TPSA) is 103 Å². The maximum Gasteiger partial charge on any atom is 0.0978 e. The number of aromatic nitrogens is 8. The van der Waals surface area contributed by atoms with E-state index < -0.39 is 0 Å². The Hall–Kier alpha value is -14.3. The number of benzene rings is 15. The van der Waals surface area contributed by atoms with E-state index in [1.165, 1.54) is 43.3 Å². The normalized spacial score (nSPS) is 11.8. The zero-order valence-electron chi connectivity index (χ0n) is 57.1. The van der Waals surface area contributed by atoms with Gasteiger partial charge in [-0.2, -0.15) is 0 Å². The van der Waals surface area contributed by atoms with Crippen LogP contribution in [0.5, 0.6) is 0 Å². The van der Waals surface area contributed by atoms with Crippen molar-refractivity contribution < 1.29 is 0 Å². The molecular formula is C98H58N8. The first-order valence-electron chi connectivity index (χ1n) is 35.7. The molecule has 15 aromatic carbocycles. The van der Waals surface area contributed by atoms with Crippen LogP contribution in [0.15, 0.2) is 352 Å². The van der Waals surface area contributed by atoms with E-state index in [0.29, 0.717) is 0 Å². The van der Waals surface area contributed by atoms with Crippen LogP contribution in [-0.2, 0) is 0 Å². The number of rotatable bonds is 10. The molecule has 0 N–H and O–H groups in total. The Kier molecular flexibility index (Phi) is 14.1. The van der Waals surface area contributed by atoms with Crippen molar-refractivity contribution in [3.8, 4) is 112 Å². The molecule has 0 amide bonds. The van der Waals surface area contributed by atoms with Gasteiger partial charge in [0, 0.05) is 67.3 Å². The van der Waals surface area contributed by atoms with E-state index in [0.717, 1.165) is 178 Å². The van der Waals surface area contributed by atoms with E-state index in [2.05, 4.69) is 313 Å². The highest BCUT2D eigenvalue weighted by atomic mass is 14.8. The molecule has 0 bridgehead atoms. The Morgan fingerprint density at radius 1 is 0.160 bits per heavy atom. The lowest BCUT2D eigenvalue weighted by molar-refractivity contribution is 1.29. The second-order valence-corrected chi connectivity index (χ2v) is 27.3. The van der Waals surface area contributed by atoms with Crippen LogP contribution in [0.25, 0.3) is 221 Å². The molecule has 0 saturated heterocycles. The second-order valence-electron chi connectivity index (χ2n) is 27.3. The average molecular weight is 1350 g/mol. The first kappa shape index (κ1) is 60.4. The van der Waals surface area contributed by atoms with Gasteiger partial charge >= 0.3 is 0 Å². The molecule has 0 radical (unpaired) electrons. The molecule has 0 atom stereocenters. The van der Waals surface area contributed by atoms with E-state index in [4.69, 9.17) is 29.9 Å². The first-order chi connectivity index (χ1) is 52.5. The van der Waals surface area contributed by atoms with Crippen LogP contribution in [-0.4, -0.2) is 39.9 Å². The third-order valence-corrected chi connectivity index (χ3v) is 21.1. The number of para-hydroxylation sites is 2. The Morgan fingerprint density at radius 2 is 0.575 bits per heavy atom. The van der Waals surface area contributed by atoms with Gasteiger partial charge in [-0.3, -0.25) is 9.97 Å². The summed E-state index contributed by atoms with van der Waals surface area (Å²) in [7, 11) is 0. The van der Waals surface area contributed by atoms with Crippen LogP contribution in [0.1, 0.15) is 0 Å². The van der Waals surface area contributed by atoms with Gasteiger partial charge in [-0.15, -0.1) is 0 Å². The lowest BCUT2D eigenvalue weighted by atomic mass is 9.89. The third-order valence-electron chi connectivity index (χ3n) is 21.1. The van der Waals surface area contributed by atoms with Crippen molar-refractivity contribution in [1.82, 2.24) is 39.9 Å². The van der Waals surface area contributed by atoms with Gasteiger partial charge in [0.1, 0.15) is 0 Å². The quantitative estimate of drug-likeness (QED) is 0.125. The van der Waals surface area contributed by atoms with Crippen molar-refractivity contribution in [1.29, 1.82) is 0 Å². The Labute approximate surface area is 609 Å². The van der Waals surface area contributed by atoms with Gasteiger partial charge in [-0.25, -0.2) is 29.9 Å². The molecule has 21 rings (SSSR count). The van der Waals surface area contributed by atoms with Crippen LogP contribution in [0.4, 0.5) is 0 Å². The van der Waals surface area contributed by atoms with Crippen molar-refractivity contribution in [2.75, 3.05) is 0 Å². The summed E-state index contributed by atoms with van der Waals surface area (Å²) in [5, 5.41) is 13.6. The number of nitrogens with zero attached hydrogens (tertiary/aromatic N) is 8. The second kappa shape index (κ2) is 24.7. The largest absolute Gasteiger partial charge is 0.253 e. The summed E-state index contributed by atoms with van der Waals surface area (Å²) in [6.07, 6.45) is 3.46. The molecule has 0 fully saturated rings. The minimum Gasteiger partial charge on any atom is -0.253 e. The van der Waals surface area contributed by atoms with Gasteiger partial charge in [0.2, 0.25) is 0 Å². The smallest absolute Gasteiger partial charge is 0.0978 e. The summed E-state index contributed by atoms with van der Waals surface area (Å²) < 4.78 is 0. The predicted octanol–water partition coefficient (Wildman–Crippen LogP) is 25.0. The number of pyridine rings is 4. The molecule has 0 saturated carbocycles. The molecule has 490 valence electrons. The average Bonchev–Trinajstić information content (AvgIpc) is 0.729. The van der Waals surface area contributed by atoms with Crippen LogP contribution < -0.4 is 0 Å². The zero-order valence-corrected chi connectivity index (χ0v) is 57.1. The Balaban J connectivity index is 0.683. The summed E-state index contributed by atoms with van der Waals surface area (Å²) in [5.41, 5.74) is 26.7. The van der Waals surface area contributed by atoms with E-state index in [9.17, 15) is 0 Å². The zero-order chi connectivity index (χ0) is 69.8. The molecule has 0 aliphatic carbocycles. The Bertz CT molecular complexity index is 7210. The lowest BCUT2D eigenvalue weighted by Gasteiger charge is -2.16. The molecule has 6 heterocycles. The summed E-state index contributed by atoms with van der Waals surface area (Å²) in [6, 6.07) is 121. The maximum absolute atomic E-state index is 5.71. The van der Waals surface area contributed by atoms with Crippen LogP contribution in [0, 0.1) is 0 Å². The van der Waals surface area contributed by atoms with Gasteiger partial charge in [0.15, 0.2) is 0 Å². The molecule has 0 aliphatic rings. The van der Waals surface area contributed by atoms with Crippen LogP contribution >= 0.6 is 0 Å². The van der Waals surface area contributed by atoms with Gasteiger partial charge < -0.3 is 0 Å². The summed E-state index contributed by atoms with van der Waals surface area (Å²) in [5.74, 6) is 0. The van der Waals surface area contributed by atoms with E-state index in [1.54, 1.807) is 12.4 Å². The van der Waals surface area contributed by atoms with Crippen molar-refractivity contribution in [3.63, 3.8) is 0 Å². The summed E-state index contributed by atoms with van der Waals surface area (Å²) >= 11 is 0. The summed E-state index contributed by atoms with van der Waals surface area (Å²) in [4.78, 5) is 41.7. The maximum atomic E-state index is 5.71. The third kappa shape index (κ3) is 10.5. The molecule has 0 spiro atoms. The van der Waals surface area contributed by atoms with E-state index >= 15 is 0 Å². The van der Waals surface area contributed by atoms with Crippen LogP contribution in [0.3, 0.4) is 0 Å². The van der Waals surface area contributed by atoms with Gasteiger partial charge in [-0.05, 0) is 166 Å². The summed E-state index contributed by atoms with van der Waals surface area (Å²) in [6.45, 7) is 0. The fourth-order valence-electron chi connectivity index (χ4n) is 15.8. The van der Waals surface area contributed by atoms with Crippen LogP contribution in [0.2, 0.25) is 0 Å². The fraction of sp³-hybridized carbons (Fsp3) is 0. The number of fused-ring (bicyclic) bond motifs is 15. The molecule has 0 aliphatic heterocycles. The van der Waals surface area contributed by atoms with Crippen molar-refractivity contribution >= 4 is 109 Å². The van der Waals surface area contributed by atoms with Crippen molar-refractivity contribution in [2.45, 2.75) is 0 Å². The molecular weight excluding hydrogens is 1290 g/mol. The SMILES string of the molecule is c1ccc(-c2nc3ccccc3nc2-c2cccc(-c3cc(-c4ccc5c6cc(-c7cccc(-c8ccc9ccc%10ccc(-c%11cccc(-c%12ccc%13nccnc%13c%12)c%11)nc%10c9n8)c7)ccc6c6ccccc6c5c4)c4ccc5ccc(-c6ccc(-c7cccc8ccccc78)cc6)nc5c4n3)c2)cc1. The monoisotopic (exact) mass is 1350 g/mol. The van der Waals surface area contributed by atoms with Gasteiger partial charge in [0.25, 0.3) is 0 Å². The minimum atomic E-state index is 0.803. The van der Waals surface area contributed by atoms with Gasteiger partial charge in [0.05, 0.1) is 78.3 Å². The fourth-order valence-corrected chi connectivity index (χ4v) is 15.8. The minimum absolute atomic E-state index is 0.803. The molecule has 8 nitrogen and oxygen atoms in total. The van der Waals surface area contributed by atoms with Crippen molar-refractivity contribution in [2.24, 2.45) is 0 Å². The van der Waals surface area contributed by atoms with E-state index in [-0.39, 0.29) is 0 Å². The highest BCUT2D eigenvalue weighted by molar-refractivity contribution is 6.27.